The second-order valence-electron chi connectivity index (χ2n) is 10.9. The Morgan fingerprint density at radius 3 is 1.73 bits per heavy atom. The summed E-state index contributed by atoms with van der Waals surface area (Å²) in [6.07, 6.45) is 5.34. The maximum Gasteiger partial charge on any atom is 0.242 e. The molecule has 0 N–H and O–H groups in total. The Kier molecular flexibility index (Phi) is 4.81. The fourth-order valence-corrected chi connectivity index (χ4v) is 6.41. The minimum Gasteiger partial charge on any atom is -0.456 e. The van der Waals surface area contributed by atoms with Crippen LogP contribution in [-0.4, -0.2) is 39.0 Å². The maximum absolute atomic E-state index is 6.12. The van der Waals surface area contributed by atoms with Crippen LogP contribution in [0, 0.1) is 0 Å². The van der Waals surface area contributed by atoms with Crippen molar-refractivity contribution >= 4 is 65.9 Å². The van der Waals surface area contributed by atoms with Gasteiger partial charge in [0, 0.05) is 56.5 Å². The summed E-state index contributed by atoms with van der Waals surface area (Å²) in [6.45, 7) is 0. The molecule has 0 aliphatic rings. The van der Waals surface area contributed by atoms with E-state index in [1.807, 2.05) is 81.9 Å². The van der Waals surface area contributed by atoms with E-state index in [-0.39, 0.29) is 0 Å². The summed E-state index contributed by atoms with van der Waals surface area (Å²) < 4.78 is 10.0. The summed E-state index contributed by atoms with van der Waals surface area (Å²) in [5.41, 5.74) is 5.60. The minimum absolute atomic E-state index is 0.409. The van der Waals surface area contributed by atoms with Crippen molar-refractivity contribution in [3.63, 3.8) is 0 Å². The lowest BCUT2D eigenvalue weighted by Gasteiger charge is -2.11. The quantitative estimate of drug-likeness (QED) is 0.210. The van der Waals surface area contributed by atoms with E-state index in [1.165, 1.54) is 0 Å². The second kappa shape index (κ2) is 9.01. The van der Waals surface area contributed by atoms with Crippen LogP contribution in [0.2, 0.25) is 0 Å². The third-order valence-electron chi connectivity index (χ3n) is 8.37. The second-order valence-corrected chi connectivity index (χ2v) is 10.9. The largest absolute Gasteiger partial charge is 0.456 e. The van der Waals surface area contributed by atoms with Gasteiger partial charge in [-0.15, -0.1) is 0 Å². The molecule has 0 radical (unpaired) electrons. The van der Waals surface area contributed by atoms with Crippen LogP contribution in [0.25, 0.3) is 89.2 Å². The number of rotatable bonds is 3. The van der Waals surface area contributed by atoms with Crippen LogP contribution >= 0.6 is 0 Å². The van der Waals surface area contributed by atoms with Gasteiger partial charge in [0.25, 0.3) is 0 Å². The third-order valence-corrected chi connectivity index (χ3v) is 8.37. The summed E-state index contributed by atoms with van der Waals surface area (Å²) in [7, 11) is 0. The van der Waals surface area contributed by atoms with Gasteiger partial charge in [-0.2, -0.15) is 15.0 Å². The van der Waals surface area contributed by atoms with Crippen molar-refractivity contribution in [2.45, 2.75) is 0 Å². The zero-order valence-electron chi connectivity index (χ0n) is 23.5. The van der Waals surface area contributed by atoms with E-state index in [0.717, 1.165) is 60.2 Å². The molecule has 3 aromatic carbocycles. The highest BCUT2D eigenvalue weighted by atomic mass is 16.3. The highest BCUT2D eigenvalue weighted by molar-refractivity contribution is 6.08. The Balaban J connectivity index is 1.32. The average molecular weight is 581 g/mol. The maximum atomic E-state index is 6.12. The summed E-state index contributed by atoms with van der Waals surface area (Å²) in [5, 5.41) is 6.04. The summed E-state index contributed by atoms with van der Waals surface area (Å²) in [4.78, 5) is 29.6. The monoisotopic (exact) mass is 580 g/mol. The Morgan fingerprint density at radius 2 is 1.00 bits per heavy atom. The number of benzene rings is 3. The van der Waals surface area contributed by atoms with Crippen molar-refractivity contribution in [1.82, 2.24) is 39.0 Å². The molecule has 0 fully saturated rings. The molecular weight excluding hydrogens is 560 g/mol. The molecule has 9 heteroatoms. The van der Waals surface area contributed by atoms with Crippen molar-refractivity contribution in [3.05, 3.63) is 122 Å². The molecule has 0 aliphatic heterocycles. The molecule has 0 bridgehead atoms. The topological polar surface area (TPSA) is 100 Å². The van der Waals surface area contributed by atoms with Crippen molar-refractivity contribution < 1.29 is 4.42 Å². The Labute approximate surface area is 254 Å². The number of pyridine rings is 3. The lowest BCUT2D eigenvalue weighted by atomic mass is 10.1. The Hall–Kier alpha value is -6.48. The molecule has 9 nitrogen and oxygen atoms in total. The number of nitrogens with zero attached hydrogens (tertiary/aromatic N) is 8. The van der Waals surface area contributed by atoms with Crippen LogP contribution in [0.5, 0.6) is 0 Å². The summed E-state index contributed by atoms with van der Waals surface area (Å²) in [6, 6.07) is 34.2. The molecule has 10 rings (SSSR count). The number of aromatic nitrogens is 8. The van der Waals surface area contributed by atoms with Crippen molar-refractivity contribution in [2.24, 2.45) is 0 Å². The first-order valence-corrected chi connectivity index (χ1v) is 14.5. The van der Waals surface area contributed by atoms with Gasteiger partial charge in [-0.1, -0.05) is 36.4 Å². The fourth-order valence-electron chi connectivity index (χ4n) is 6.41. The standard InChI is InChI=1S/C36H20N8O/c1-3-13-28-22(8-1)24-10-5-17-37-32(24)43(28)35-40-31(21-15-16-30-27(20-21)23-9-2-4-14-29(23)45-30)41-36(42-35)44-33-25(11-6-18-38-33)26-12-7-19-39-34(26)44/h1-20H. The number of para-hydroxylation sites is 2. The molecule has 0 saturated carbocycles. The van der Waals surface area contributed by atoms with Gasteiger partial charge in [-0.05, 0) is 66.7 Å². The van der Waals surface area contributed by atoms with Crippen LogP contribution in [0.4, 0.5) is 0 Å². The molecule has 0 unspecified atom stereocenters. The number of fused-ring (bicyclic) bond motifs is 9. The molecule has 0 aliphatic carbocycles. The average Bonchev–Trinajstić information content (AvgIpc) is 3.75. The molecule has 0 atom stereocenters. The lowest BCUT2D eigenvalue weighted by molar-refractivity contribution is 0.669. The molecular formula is C36H20N8O. The normalized spacial score (nSPS) is 12.0. The zero-order chi connectivity index (χ0) is 29.5. The van der Waals surface area contributed by atoms with Gasteiger partial charge in [0.2, 0.25) is 11.9 Å². The zero-order valence-corrected chi connectivity index (χ0v) is 23.5. The molecule has 0 saturated heterocycles. The Bertz CT molecular complexity index is 2550. The smallest absolute Gasteiger partial charge is 0.242 e. The van der Waals surface area contributed by atoms with Crippen molar-refractivity contribution in [1.29, 1.82) is 0 Å². The van der Waals surface area contributed by atoms with E-state index in [9.17, 15) is 0 Å². The molecule has 7 heterocycles. The van der Waals surface area contributed by atoms with Crippen LogP contribution in [0.1, 0.15) is 0 Å². The summed E-state index contributed by atoms with van der Waals surface area (Å²) in [5.74, 6) is 1.36. The molecule has 45 heavy (non-hydrogen) atoms. The Morgan fingerprint density at radius 1 is 0.444 bits per heavy atom. The van der Waals surface area contributed by atoms with Crippen LogP contribution in [0.15, 0.2) is 126 Å². The van der Waals surface area contributed by atoms with Crippen molar-refractivity contribution in [3.8, 4) is 23.3 Å². The van der Waals surface area contributed by atoms with E-state index in [1.54, 1.807) is 18.6 Å². The van der Waals surface area contributed by atoms with Crippen LogP contribution in [0.3, 0.4) is 0 Å². The van der Waals surface area contributed by atoms with Gasteiger partial charge in [0.05, 0.1) is 5.52 Å². The highest BCUT2D eigenvalue weighted by Crippen LogP contribution is 2.34. The van der Waals surface area contributed by atoms with E-state index >= 15 is 0 Å². The summed E-state index contributed by atoms with van der Waals surface area (Å²) >= 11 is 0. The molecule has 7 aromatic heterocycles. The van der Waals surface area contributed by atoms with Gasteiger partial charge >= 0.3 is 0 Å². The van der Waals surface area contributed by atoms with Gasteiger partial charge in [-0.3, -0.25) is 4.57 Å². The van der Waals surface area contributed by atoms with E-state index in [0.29, 0.717) is 29.0 Å². The fraction of sp³-hybridized carbons (Fsp3) is 0. The van der Waals surface area contributed by atoms with E-state index in [2.05, 4.69) is 30.3 Å². The van der Waals surface area contributed by atoms with E-state index < -0.39 is 0 Å². The molecule has 210 valence electrons. The SMILES string of the molecule is c1ccc2c(c1)oc1ccc(-c3nc(-n4c5ccccc5c5cccnc54)nc(-n4c5ncccc5c5cccnc54)n3)cc12. The first kappa shape index (κ1) is 24.0. The van der Waals surface area contributed by atoms with Gasteiger partial charge in [0.1, 0.15) is 28.1 Å². The van der Waals surface area contributed by atoms with Crippen molar-refractivity contribution in [2.75, 3.05) is 0 Å². The molecule has 0 amide bonds. The molecule has 0 spiro atoms. The highest BCUT2D eigenvalue weighted by Gasteiger charge is 2.22. The molecule has 10 aromatic rings. The number of furan rings is 1. The lowest BCUT2D eigenvalue weighted by Crippen LogP contribution is -2.11. The predicted molar refractivity (Wildman–Crippen MR) is 175 cm³/mol. The predicted octanol–water partition coefficient (Wildman–Crippen LogP) is 7.82. The number of hydrogen-bond acceptors (Lipinski definition) is 7. The van der Waals surface area contributed by atoms with Gasteiger partial charge < -0.3 is 4.42 Å². The van der Waals surface area contributed by atoms with Gasteiger partial charge in [-0.25, -0.2) is 19.5 Å². The van der Waals surface area contributed by atoms with Gasteiger partial charge in [0.15, 0.2) is 5.82 Å². The van der Waals surface area contributed by atoms with Crippen LogP contribution in [-0.2, 0) is 0 Å². The van der Waals surface area contributed by atoms with E-state index in [4.69, 9.17) is 34.3 Å². The van der Waals surface area contributed by atoms with Crippen LogP contribution < -0.4 is 0 Å². The first-order valence-electron chi connectivity index (χ1n) is 14.5. The minimum atomic E-state index is 0.409. The third kappa shape index (κ3) is 3.43. The number of hydrogen-bond donors (Lipinski definition) is 0. The first-order chi connectivity index (χ1) is 22.3.